The number of rotatable bonds is 4. The SMILES string of the molecule is Cn1/c(=N\NC(=O)COc2cccc(Br)c2)sc2ccccc21. The van der Waals surface area contributed by atoms with Gasteiger partial charge in [-0.05, 0) is 30.3 Å². The van der Waals surface area contributed by atoms with Crippen molar-refractivity contribution in [3.63, 3.8) is 0 Å². The van der Waals surface area contributed by atoms with E-state index in [0.717, 1.165) is 19.5 Å². The van der Waals surface area contributed by atoms with Crippen LogP contribution in [0.1, 0.15) is 0 Å². The Kier molecular flexibility index (Phi) is 4.78. The Morgan fingerprint density at radius 3 is 2.91 bits per heavy atom. The van der Waals surface area contributed by atoms with E-state index in [1.165, 1.54) is 11.3 Å². The second-order valence-electron chi connectivity index (χ2n) is 4.80. The molecule has 0 saturated carbocycles. The number of para-hydroxylation sites is 1. The number of carbonyl (C=O) groups is 1. The Hall–Kier alpha value is -2.12. The van der Waals surface area contributed by atoms with Crippen molar-refractivity contribution >= 4 is 43.4 Å². The summed E-state index contributed by atoms with van der Waals surface area (Å²) in [6.07, 6.45) is 0. The molecule has 2 aromatic carbocycles. The fourth-order valence-corrected chi connectivity index (χ4v) is 3.39. The third kappa shape index (κ3) is 3.80. The molecule has 0 bridgehead atoms. The van der Waals surface area contributed by atoms with Gasteiger partial charge in [-0.2, -0.15) is 0 Å². The smallest absolute Gasteiger partial charge is 0.278 e. The molecule has 1 heterocycles. The number of thiazole rings is 1. The first-order valence-electron chi connectivity index (χ1n) is 6.89. The number of hydrogen-bond acceptors (Lipinski definition) is 4. The molecule has 0 atom stereocenters. The monoisotopic (exact) mass is 391 g/mol. The Labute approximate surface area is 145 Å². The van der Waals surface area contributed by atoms with Gasteiger partial charge < -0.3 is 9.30 Å². The number of amides is 1. The van der Waals surface area contributed by atoms with E-state index in [0.29, 0.717) is 5.75 Å². The van der Waals surface area contributed by atoms with Crippen LogP contribution in [0.25, 0.3) is 10.2 Å². The maximum atomic E-state index is 11.9. The quantitative estimate of drug-likeness (QED) is 0.694. The maximum absolute atomic E-state index is 11.9. The molecule has 0 fully saturated rings. The van der Waals surface area contributed by atoms with Crippen LogP contribution in [-0.2, 0) is 11.8 Å². The zero-order valence-electron chi connectivity index (χ0n) is 12.3. The average Bonchev–Trinajstić information content (AvgIpc) is 2.88. The van der Waals surface area contributed by atoms with E-state index in [4.69, 9.17) is 4.74 Å². The first kappa shape index (κ1) is 15.8. The normalized spacial score (nSPS) is 11.7. The minimum atomic E-state index is -0.303. The van der Waals surface area contributed by atoms with Crippen molar-refractivity contribution in [2.24, 2.45) is 12.1 Å². The van der Waals surface area contributed by atoms with Gasteiger partial charge in [-0.15, -0.1) is 5.10 Å². The van der Waals surface area contributed by atoms with Crippen LogP contribution in [0.15, 0.2) is 58.1 Å². The predicted octanol–water partition coefficient (Wildman–Crippen LogP) is 3.01. The van der Waals surface area contributed by atoms with Crippen molar-refractivity contribution in [1.29, 1.82) is 0 Å². The van der Waals surface area contributed by atoms with Crippen molar-refractivity contribution in [1.82, 2.24) is 9.99 Å². The molecule has 0 aliphatic carbocycles. The second kappa shape index (κ2) is 6.97. The van der Waals surface area contributed by atoms with Crippen molar-refractivity contribution in [2.45, 2.75) is 0 Å². The second-order valence-corrected chi connectivity index (χ2v) is 6.73. The minimum absolute atomic E-state index is 0.0887. The van der Waals surface area contributed by atoms with Crippen LogP contribution in [0.2, 0.25) is 0 Å². The van der Waals surface area contributed by atoms with Gasteiger partial charge in [0.05, 0.1) is 10.2 Å². The number of ether oxygens (including phenoxy) is 1. The molecule has 1 N–H and O–H groups in total. The van der Waals surface area contributed by atoms with Crippen LogP contribution < -0.4 is 15.0 Å². The molecule has 3 aromatic rings. The largest absolute Gasteiger partial charge is 0.484 e. The topological polar surface area (TPSA) is 55.6 Å². The van der Waals surface area contributed by atoms with E-state index < -0.39 is 0 Å². The zero-order chi connectivity index (χ0) is 16.2. The summed E-state index contributed by atoms with van der Waals surface area (Å²) in [6, 6.07) is 15.3. The van der Waals surface area contributed by atoms with Gasteiger partial charge in [0.2, 0.25) is 4.80 Å². The Morgan fingerprint density at radius 1 is 1.30 bits per heavy atom. The highest BCUT2D eigenvalue weighted by Crippen LogP contribution is 2.17. The number of nitrogens with zero attached hydrogens (tertiary/aromatic N) is 2. The molecule has 118 valence electrons. The third-order valence-corrected chi connectivity index (χ3v) is 4.76. The molecule has 0 spiro atoms. The molecule has 3 rings (SSSR count). The first-order chi connectivity index (χ1) is 11.1. The molecule has 5 nitrogen and oxygen atoms in total. The summed E-state index contributed by atoms with van der Waals surface area (Å²) >= 11 is 4.87. The van der Waals surface area contributed by atoms with Crippen LogP contribution in [0, 0.1) is 0 Å². The molecule has 0 aliphatic rings. The van der Waals surface area contributed by atoms with Gasteiger partial charge in [0, 0.05) is 11.5 Å². The van der Waals surface area contributed by atoms with Gasteiger partial charge in [-0.25, -0.2) is 5.43 Å². The molecule has 1 aromatic heterocycles. The number of halogens is 1. The van der Waals surface area contributed by atoms with E-state index in [1.54, 1.807) is 12.1 Å². The number of fused-ring (bicyclic) bond motifs is 1. The van der Waals surface area contributed by atoms with E-state index in [-0.39, 0.29) is 12.5 Å². The van der Waals surface area contributed by atoms with Crippen LogP contribution in [0.4, 0.5) is 0 Å². The lowest BCUT2D eigenvalue weighted by Gasteiger charge is -2.04. The summed E-state index contributed by atoms with van der Waals surface area (Å²) < 4.78 is 9.38. The summed E-state index contributed by atoms with van der Waals surface area (Å²) in [6.45, 7) is -0.0887. The Balaban J connectivity index is 1.66. The molecule has 0 saturated heterocycles. The summed E-state index contributed by atoms with van der Waals surface area (Å²) in [7, 11) is 1.92. The van der Waals surface area contributed by atoms with E-state index in [1.807, 2.05) is 48.0 Å². The zero-order valence-corrected chi connectivity index (χ0v) is 14.7. The highest BCUT2D eigenvalue weighted by atomic mass is 79.9. The molecule has 7 heteroatoms. The van der Waals surface area contributed by atoms with Gasteiger partial charge >= 0.3 is 0 Å². The number of carbonyl (C=O) groups excluding carboxylic acids is 1. The lowest BCUT2D eigenvalue weighted by molar-refractivity contribution is -0.123. The predicted molar refractivity (Wildman–Crippen MR) is 94.1 cm³/mol. The molecule has 0 radical (unpaired) electrons. The molecule has 0 aliphatic heterocycles. The van der Waals surface area contributed by atoms with Gasteiger partial charge in [0.1, 0.15) is 5.75 Å². The third-order valence-electron chi connectivity index (χ3n) is 3.16. The highest BCUT2D eigenvalue weighted by molar-refractivity contribution is 9.10. The molecule has 23 heavy (non-hydrogen) atoms. The number of benzene rings is 2. The molecular formula is C16H14BrN3O2S. The van der Waals surface area contributed by atoms with Crippen molar-refractivity contribution in [3.8, 4) is 5.75 Å². The van der Waals surface area contributed by atoms with E-state index >= 15 is 0 Å². The van der Waals surface area contributed by atoms with Gasteiger partial charge in [-0.1, -0.05) is 45.5 Å². The van der Waals surface area contributed by atoms with Crippen molar-refractivity contribution < 1.29 is 9.53 Å². The van der Waals surface area contributed by atoms with Crippen LogP contribution >= 0.6 is 27.3 Å². The molecule has 0 unspecified atom stereocenters. The number of hydrogen-bond donors (Lipinski definition) is 1. The summed E-state index contributed by atoms with van der Waals surface area (Å²) in [4.78, 5) is 12.6. The summed E-state index contributed by atoms with van der Waals surface area (Å²) in [5, 5.41) is 4.17. The van der Waals surface area contributed by atoms with Gasteiger partial charge in [-0.3, -0.25) is 4.79 Å². The maximum Gasteiger partial charge on any atom is 0.278 e. The fourth-order valence-electron chi connectivity index (χ4n) is 2.04. The van der Waals surface area contributed by atoms with E-state index in [9.17, 15) is 4.79 Å². The minimum Gasteiger partial charge on any atom is -0.484 e. The van der Waals surface area contributed by atoms with Gasteiger partial charge in [0.25, 0.3) is 5.91 Å². The summed E-state index contributed by atoms with van der Waals surface area (Å²) in [5.74, 6) is 0.323. The lowest BCUT2D eigenvalue weighted by Crippen LogP contribution is -2.27. The van der Waals surface area contributed by atoms with Crippen LogP contribution in [0.3, 0.4) is 0 Å². The van der Waals surface area contributed by atoms with Crippen LogP contribution in [-0.4, -0.2) is 17.1 Å². The van der Waals surface area contributed by atoms with E-state index in [2.05, 4.69) is 26.5 Å². The van der Waals surface area contributed by atoms with Gasteiger partial charge in [0.15, 0.2) is 6.61 Å². The van der Waals surface area contributed by atoms with Crippen LogP contribution in [0.5, 0.6) is 5.75 Å². The fraction of sp³-hybridized carbons (Fsp3) is 0.125. The Morgan fingerprint density at radius 2 is 2.13 bits per heavy atom. The first-order valence-corrected chi connectivity index (χ1v) is 8.50. The number of nitrogens with one attached hydrogen (secondary N) is 1. The molecule has 1 amide bonds. The van der Waals surface area contributed by atoms with Crippen molar-refractivity contribution in [2.75, 3.05) is 6.61 Å². The Bertz CT molecular complexity index is 917. The highest BCUT2D eigenvalue weighted by Gasteiger charge is 2.04. The lowest BCUT2D eigenvalue weighted by atomic mass is 10.3. The summed E-state index contributed by atoms with van der Waals surface area (Å²) in [5.41, 5.74) is 3.60. The number of aryl methyl sites for hydroxylation is 1. The standard InChI is InChI=1S/C16H14BrN3O2S/c1-20-13-7-2-3-8-14(13)23-16(20)19-18-15(21)10-22-12-6-4-5-11(17)9-12/h2-9H,10H2,1H3,(H,18,21)/b19-16+. The molecular weight excluding hydrogens is 378 g/mol. The number of aromatic nitrogens is 1. The van der Waals surface area contributed by atoms with Crippen molar-refractivity contribution in [3.05, 3.63) is 57.8 Å². The average molecular weight is 392 g/mol.